The van der Waals surface area contributed by atoms with Crippen molar-refractivity contribution in [3.63, 3.8) is 0 Å². The third kappa shape index (κ3) is 2.78. The molecule has 1 aromatic carbocycles. The summed E-state index contributed by atoms with van der Waals surface area (Å²) in [5.41, 5.74) is 6.83. The molecular formula is C15H22N2O2. The van der Waals surface area contributed by atoms with Crippen molar-refractivity contribution in [1.82, 2.24) is 0 Å². The fourth-order valence-corrected chi connectivity index (χ4v) is 2.94. The van der Waals surface area contributed by atoms with Gasteiger partial charge in [0.15, 0.2) is 11.5 Å². The quantitative estimate of drug-likeness (QED) is 0.902. The number of anilines is 1. The van der Waals surface area contributed by atoms with E-state index in [-0.39, 0.29) is 0 Å². The van der Waals surface area contributed by atoms with E-state index in [2.05, 4.69) is 17.0 Å². The molecule has 2 N–H and O–H groups in total. The molecule has 4 nitrogen and oxygen atoms in total. The molecule has 2 heterocycles. The lowest BCUT2D eigenvalue weighted by Crippen LogP contribution is -2.21. The molecule has 0 saturated carbocycles. The Morgan fingerprint density at radius 2 is 2.05 bits per heavy atom. The van der Waals surface area contributed by atoms with Crippen LogP contribution in [0, 0.1) is 5.92 Å². The predicted molar refractivity (Wildman–Crippen MR) is 76.0 cm³/mol. The van der Waals surface area contributed by atoms with E-state index in [1.807, 2.05) is 6.07 Å². The number of rotatable bonds is 4. The zero-order chi connectivity index (χ0) is 13.1. The van der Waals surface area contributed by atoms with Crippen molar-refractivity contribution in [2.24, 2.45) is 11.7 Å². The second-order valence-electron chi connectivity index (χ2n) is 5.36. The molecule has 0 bridgehead atoms. The van der Waals surface area contributed by atoms with E-state index in [4.69, 9.17) is 15.2 Å². The van der Waals surface area contributed by atoms with E-state index in [1.165, 1.54) is 18.5 Å². The van der Waals surface area contributed by atoms with E-state index in [0.29, 0.717) is 13.2 Å². The zero-order valence-electron chi connectivity index (χ0n) is 11.3. The van der Waals surface area contributed by atoms with E-state index in [1.54, 1.807) is 0 Å². The first-order valence-corrected chi connectivity index (χ1v) is 7.21. The van der Waals surface area contributed by atoms with Gasteiger partial charge in [-0.3, -0.25) is 0 Å². The highest BCUT2D eigenvalue weighted by molar-refractivity contribution is 5.57. The molecule has 104 valence electrons. The van der Waals surface area contributed by atoms with Gasteiger partial charge in [0, 0.05) is 24.8 Å². The number of ether oxygens (including phenoxy) is 2. The van der Waals surface area contributed by atoms with E-state index in [9.17, 15) is 0 Å². The highest BCUT2D eigenvalue weighted by atomic mass is 16.6. The van der Waals surface area contributed by atoms with Gasteiger partial charge < -0.3 is 20.1 Å². The van der Waals surface area contributed by atoms with Gasteiger partial charge in [-0.05, 0) is 43.9 Å². The number of benzene rings is 1. The molecule has 2 aliphatic rings. The average molecular weight is 262 g/mol. The molecule has 1 aromatic rings. The maximum atomic E-state index is 5.65. The maximum absolute atomic E-state index is 5.65. The summed E-state index contributed by atoms with van der Waals surface area (Å²) in [5.74, 6) is 2.54. The normalized spacial score (nSPS) is 21.7. The summed E-state index contributed by atoms with van der Waals surface area (Å²) in [7, 11) is 0. The summed E-state index contributed by atoms with van der Waals surface area (Å²) in [6.45, 7) is 4.38. The molecule has 0 radical (unpaired) electrons. The SMILES string of the molecule is NCCCC1CCN(c2ccc3c(c2)OCCO3)C1. The summed E-state index contributed by atoms with van der Waals surface area (Å²) in [5, 5.41) is 0. The molecule has 0 aromatic heterocycles. The maximum Gasteiger partial charge on any atom is 0.163 e. The van der Waals surface area contributed by atoms with Crippen LogP contribution < -0.4 is 20.1 Å². The highest BCUT2D eigenvalue weighted by Crippen LogP contribution is 2.35. The van der Waals surface area contributed by atoms with Gasteiger partial charge in [0.1, 0.15) is 13.2 Å². The Morgan fingerprint density at radius 1 is 1.21 bits per heavy atom. The average Bonchev–Trinajstić information content (AvgIpc) is 2.93. The van der Waals surface area contributed by atoms with Crippen molar-refractivity contribution in [1.29, 1.82) is 0 Å². The molecule has 0 spiro atoms. The number of fused-ring (bicyclic) bond motifs is 1. The zero-order valence-corrected chi connectivity index (χ0v) is 11.3. The fraction of sp³-hybridized carbons (Fsp3) is 0.600. The second kappa shape index (κ2) is 5.70. The van der Waals surface area contributed by atoms with Crippen LogP contribution in [0.15, 0.2) is 18.2 Å². The first-order valence-electron chi connectivity index (χ1n) is 7.21. The van der Waals surface area contributed by atoms with Gasteiger partial charge in [0.2, 0.25) is 0 Å². The van der Waals surface area contributed by atoms with E-state index in [0.717, 1.165) is 43.5 Å². The van der Waals surface area contributed by atoms with Crippen LogP contribution in [0.5, 0.6) is 11.5 Å². The molecule has 3 rings (SSSR count). The molecule has 1 atom stereocenters. The highest BCUT2D eigenvalue weighted by Gasteiger charge is 2.23. The summed E-state index contributed by atoms with van der Waals surface area (Å²) in [6.07, 6.45) is 3.66. The largest absolute Gasteiger partial charge is 0.486 e. The van der Waals surface area contributed by atoms with Crippen molar-refractivity contribution in [3.05, 3.63) is 18.2 Å². The smallest absolute Gasteiger partial charge is 0.163 e. The summed E-state index contributed by atoms with van der Waals surface area (Å²) in [4.78, 5) is 2.44. The monoisotopic (exact) mass is 262 g/mol. The van der Waals surface area contributed by atoms with Crippen molar-refractivity contribution >= 4 is 5.69 Å². The van der Waals surface area contributed by atoms with Crippen LogP contribution in [0.2, 0.25) is 0 Å². The molecule has 0 amide bonds. The minimum absolute atomic E-state index is 0.648. The Bertz CT molecular complexity index is 436. The molecular weight excluding hydrogens is 240 g/mol. The second-order valence-corrected chi connectivity index (χ2v) is 5.36. The molecule has 0 aliphatic carbocycles. The minimum Gasteiger partial charge on any atom is -0.486 e. The molecule has 1 saturated heterocycles. The molecule has 1 unspecified atom stereocenters. The Labute approximate surface area is 114 Å². The summed E-state index contributed by atoms with van der Waals surface area (Å²) < 4.78 is 11.2. The van der Waals surface area contributed by atoms with Gasteiger partial charge in [-0.15, -0.1) is 0 Å². The lowest BCUT2D eigenvalue weighted by Gasteiger charge is -2.23. The third-order valence-corrected chi connectivity index (χ3v) is 3.99. The molecule has 1 fully saturated rings. The summed E-state index contributed by atoms with van der Waals surface area (Å²) in [6, 6.07) is 6.27. The standard InChI is InChI=1S/C15H22N2O2/c16-6-1-2-12-5-7-17(11-12)13-3-4-14-15(10-13)19-9-8-18-14/h3-4,10,12H,1-2,5-9,11,16H2. The van der Waals surface area contributed by atoms with E-state index >= 15 is 0 Å². The third-order valence-electron chi connectivity index (χ3n) is 3.99. The van der Waals surface area contributed by atoms with Gasteiger partial charge in [-0.25, -0.2) is 0 Å². The van der Waals surface area contributed by atoms with E-state index < -0.39 is 0 Å². The van der Waals surface area contributed by atoms with Crippen LogP contribution in [-0.2, 0) is 0 Å². The Morgan fingerprint density at radius 3 is 2.89 bits per heavy atom. The van der Waals surface area contributed by atoms with Crippen molar-refractivity contribution in [2.75, 3.05) is 37.7 Å². The molecule has 2 aliphatic heterocycles. The van der Waals surface area contributed by atoms with Crippen LogP contribution in [0.1, 0.15) is 19.3 Å². The Kier molecular flexibility index (Phi) is 3.78. The van der Waals surface area contributed by atoms with Crippen molar-refractivity contribution in [2.45, 2.75) is 19.3 Å². The van der Waals surface area contributed by atoms with Gasteiger partial charge in [-0.2, -0.15) is 0 Å². The number of hydrogen-bond donors (Lipinski definition) is 1. The topological polar surface area (TPSA) is 47.7 Å². The minimum atomic E-state index is 0.648. The van der Waals surface area contributed by atoms with Crippen LogP contribution >= 0.6 is 0 Å². The first kappa shape index (κ1) is 12.6. The fourth-order valence-electron chi connectivity index (χ4n) is 2.94. The lowest BCUT2D eigenvalue weighted by molar-refractivity contribution is 0.171. The Hall–Kier alpha value is -1.42. The van der Waals surface area contributed by atoms with Crippen LogP contribution in [0.25, 0.3) is 0 Å². The van der Waals surface area contributed by atoms with Crippen LogP contribution in [0.3, 0.4) is 0 Å². The van der Waals surface area contributed by atoms with Gasteiger partial charge in [0.25, 0.3) is 0 Å². The number of nitrogens with zero attached hydrogens (tertiary/aromatic N) is 1. The number of nitrogens with two attached hydrogens (primary N) is 1. The van der Waals surface area contributed by atoms with Crippen molar-refractivity contribution in [3.8, 4) is 11.5 Å². The molecule has 19 heavy (non-hydrogen) atoms. The predicted octanol–water partition coefficient (Wildman–Crippen LogP) is 2.02. The number of hydrogen-bond acceptors (Lipinski definition) is 4. The summed E-state index contributed by atoms with van der Waals surface area (Å²) >= 11 is 0. The van der Waals surface area contributed by atoms with Crippen LogP contribution in [-0.4, -0.2) is 32.8 Å². The van der Waals surface area contributed by atoms with Crippen molar-refractivity contribution < 1.29 is 9.47 Å². The van der Waals surface area contributed by atoms with Crippen LogP contribution in [0.4, 0.5) is 5.69 Å². The van der Waals surface area contributed by atoms with Gasteiger partial charge in [0.05, 0.1) is 0 Å². The molecule has 4 heteroatoms. The van der Waals surface area contributed by atoms with Gasteiger partial charge >= 0.3 is 0 Å². The first-order chi connectivity index (χ1) is 9.36. The van der Waals surface area contributed by atoms with Gasteiger partial charge in [-0.1, -0.05) is 0 Å². The Balaban J connectivity index is 1.66. The lowest BCUT2D eigenvalue weighted by atomic mass is 10.0.